The topological polar surface area (TPSA) is 9.23 Å². The maximum atomic E-state index is 12.3. The Labute approximate surface area is 151 Å². The minimum Gasteiger partial charge on any atom is -0.374 e. The molecule has 3 fully saturated rings. The van der Waals surface area contributed by atoms with Crippen LogP contribution in [0.25, 0.3) is 0 Å². The van der Waals surface area contributed by atoms with Crippen molar-refractivity contribution in [1.82, 2.24) is 0 Å². The molecule has 0 aromatic carbocycles. The van der Waals surface area contributed by atoms with Crippen LogP contribution in [0.5, 0.6) is 0 Å². The molecule has 0 bridgehead atoms. The van der Waals surface area contributed by atoms with Gasteiger partial charge in [-0.3, -0.25) is 0 Å². The van der Waals surface area contributed by atoms with Crippen molar-refractivity contribution in [3.05, 3.63) is 24.3 Å². The largest absolute Gasteiger partial charge is 0.374 e. The lowest BCUT2D eigenvalue weighted by Crippen LogP contribution is -2.33. The van der Waals surface area contributed by atoms with Crippen LogP contribution < -0.4 is 0 Å². The first-order chi connectivity index (χ1) is 12.2. The zero-order valence-corrected chi connectivity index (χ0v) is 15.6. The summed E-state index contributed by atoms with van der Waals surface area (Å²) in [6.07, 6.45) is 16.4. The predicted octanol–water partition coefficient (Wildman–Crippen LogP) is 6.75. The van der Waals surface area contributed by atoms with Gasteiger partial charge in [-0.15, -0.1) is 0 Å². The number of halogens is 2. The molecule has 2 aliphatic carbocycles. The molecule has 0 aromatic heterocycles. The van der Waals surface area contributed by atoms with Gasteiger partial charge in [0.15, 0.2) is 0 Å². The number of hydrogen-bond donors (Lipinski definition) is 0. The van der Waals surface area contributed by atoms with Crippen molar-refractivity contribution in [2.24, 2.45) is 29.6 Å². The number of rotatable bonds is 4. The highest BCUT2D eigenvalue weighted by molar-refractivity contribution is 4.94. The first kappa shape index (κ1) is 19.1. The number of hydrogen-bond acceptors (Lipinski definition) is 1. The molecule has 0 radical (unpaired) electrons. The molecule has 25 heavy (non-hydrogen) atoms. The first-order valence-corrected chi connectivity index (χ1v) is 10.4. The molecule has 142 valence electrons. The van der Waals surface area contributed by atoms with E-state index < -0.39 is 6.08 Å². The summed E-state index contributed by atoms with van der Waals surface area (Å²) in [5, 5.41) is 0. The molecule has 1 aliphatic heterocycles. The van der Waals surface area contributed by atoms with Gasteiger partial charge in [0.25, 0.3) is 6.08 Å². The van der Waals surface area contributed by atoms with Crippen molar-refractivity contribution in [3.63, 3.8) is 0 Å². The monoisotopic (exact) mass is 352 g/mol. The van der Waals surface area contributed by atoms with Crippen molar-refractivity contribution in [2.75, 3.05) is 6.61 Å². The Morgan fingerprint density at radius 3 is 1.76 bits per heavy atom. The molecule has 3 aliphatic rings. The van der Waals surface area contributed by atoms with Crippen molar-refractivity contribution < 1.29 is 13.5 Å². The fraction of sp³-hybridized carbons (Fsp3) is 0.818. The molecule has 2 atom stereocenters. The average Bonchev–Trinajstić information content (AvgIpc) is 2.63. The highest BCUT2D eigenvalue weighted by atomic mass is 19.3. The van der Waals surface area contributed by atoms with Crippen LogP contribution in [0.15, 0.2) is 24.3 Å². The Balaban J connectivity index is 1.39. The van der Waals surface area contributed by atoms with E-state index in [4.69, 9.17) is 4.74 Å². The van der Waals surface area contributed by atoms with Gasteiger partial charge in [0, 0.05) is 6.08 Å². The van der Waals surface area contributed by atoms with Crippen LogP contribution in [0.1, 0.15) is 71.1 Å². The van der Waals surface area contributed by atoms with Crippen molar-refractivity contribution >= 4 is 0 Å². The smallest absolute Gasteiger partial charge is 0.268 e. The first-order valence-electron chi connectivity index (χ1n) is 10.4. The Hall–Kier alpha value is -0.700. The predicted molar refractivity (Wildman–Crippen MR) is 98.5 cm³/mol. The van der Waals surface area contributed by atoms with Gasteiger partial charge in [-0.2, -0.15) is 8.78 Å². The summed E-state index contributed by atoms with van der Waals surface area (Å²) in [5.41, 5.74) is 0. The third kappa shape index (κ3) is 5.39. The average molecular weight is 353 g/mol. The summed E-state index contributed by atoms with van der Waals surface area (Å²) >= 11 is 0. The fourth-order valence-corrected chi connectivity index (χ4v) is 5.60. The van der Waals surface area contributed by atoms with Crippen molar-refractivity contribution in [2.45, 2.75) is 77.2 Å². The summed E-state index contributed by atoms with van der Waals surface area (Å²) in [5.74, 6) is 4.07. The van der Waals surface area contributed by atoms with Gasteiger partial charge in [-0.1, -0.05) is 12.2 Å². The van der Waals surface area contributed by atoms with E-state index in [2.05, 4.69) is 19.1 Å². The standard InChI is InChI=1S/C22H34F2O/c1-2-3-16-4-6-17(7-5-16)18-8-10-19(11-9-18)20-12-13-21(25-15-20)14-22(23)24/h2-3,14,16-21H,4-13,15H2,1H3. The van der Waals surface area contributed by atoms with E-state index in [9.17, 15) is 8.78 Å². The molecule has 1 saturated heterocycles. The molecule has 1 heterocycles. The summed E-state index contributed by atoms with van der Waals surface area (Å²) in [4.78, 5) is 0. The minimum atomic E-state index is -1.60. The summed E-state index contributed by atoms with van der Waals surface area (Å²) in [6.45, 7) is 2.81. The molecule has 0 amide bonds. The zero-order chi connectivity index (χ0) is 17.6. The molecule has 1 nitrogen and oxygen atoms in total. The fourth-order valence-electron chi connectivity index (χ4n) is 5.60. The van der Waals surface area contributed by atoms with E-state index in [1.165, 1.54) is 51.4 Å². The van der Waals surface area contributed by atoms with Gasteiger partial charge in [-0.05, 0) is 101 Å². The van der Waals surface area contributed by atoms with Gasteiger partial charge in [0.2, 0.25) is 0 Å². The maximum absolute atomic E-state index is 12.3. The minimum absolute atomic E-state index is 0.357. The van der Waals surface area contributed by atoms with Crippen molar-refractivity contribution in [3.8, 4) is 0 Å². The Morgan fingerprint density at radius 2 is 1.28 bits per heavy atom. The number of ether oxygens (including phenoxy) is 1. The van der Waals surface area contributed by atoms with E-state index in [1.54, 1.807) is 0 Å². The molecular weight excluding hydrogens is 318 g/mol. The summed E-state index contributed by atoms with van der Waals surface area (Å²) in [6, 6.07) is 0. The lowest BCUT2D eigenvalue weighted by molar-refractivity contribution is -0.0204. The second kappa shape index (κ2) is 9.30. The molecular formula is C22H34F2O. The molecule has 2 saturated carbocycles. The second-order valence-electron chi connectivity index (χ2n) is 8.54. The van der Waals surface area contributed by atoms with Gasteiger partial charge in [0.05, 0.1) is 12.7 Å². The summed E-state index contributed by atoms with van der Waals surface area (Å²) < 4.78 is 30.3. The molecule has 0 N–H and O–H groups in total. The normalized spacial score (nSPS) is 40.1. The van der Waals surface area contributed by atoms with Crippen LogP contribution in [0.3, 0.4) is 0 Å². The van der Waals surface area contributed by atoms with Gasteiger partial charge in [0.1, 0.15) is 0 Å². The van der Waals surface area contributed by atoms with Gasteiger partial charge >= 0.3 is 0 Å². The van der Waals surface area contributed by atoms with E-state index in [-0.39, 0.29) is 6.10 Å². The van der Waals surface area contributed by atoms with Gasteiger partial charge in [-0.25, -0.2) is 0 Å². The van der Waals surface area contributed by atoms with E-state index in [0.717, 1.165) is 42.6 Å². The molecule has 0 spiro atoms. The zero-order valence-electron chi connectivity index (χ0n) is 15.6. The van der Waals surface area contributed by atoms with E-state index in [0.29, 0.717) is 12.5 Å². The highest BCUT2D eigenvalue weighted by Crippen LogP contribution is 2.44. The Bertz CT molecular complexity index is 445. The highest BCUT2D eigenvalue weighted by Gasteiger charge is 2.34. The molecule has 3 heteroatoms. The Kier molecular flexibility index (Phi) is 7.09. The number of allylic oxidation sites excluding steroid dienone is 2. The molecule has 2 unspecified atom stereocenters. The lowest BCUT2D eigenvalue weighted by atomic mass is 9.67. The summed E-state index contributed by atoms with van der Waals surface area (Å²) in [7, 11) is 0. The van der Waals surface area contributed by atoms with Crippen LogP contribution in [0.4, 0.5) is 8.78 Å². The second-order valence-corrected chi connectivity index (χ2v) is 8.54. The van der Waals surface area contributed by atoms with E-state index >= 15 is 0 Å². The lowest BCUT2D eigenvalue weighted by Gasteiger charge is -2.41. The van der Waals surface area contributed by atoms with Crippen LogP contribution in [0, 0.1) is 29.6 Å². The van der Waals surface area contributed by atoms with Crippen LogP contribution in [-0.2, 0) is 4.74 Å². The quantitative estimate of drug-likeness (QED) is 0.508. The van der Waals surface area contributed by atoms with Crippen molar-refractivity contribution in [1.29, 1.82) is 0 Å². The SMILES string of the molecule is CC=CC1CCC(C2CCC(C3CCC(C=C(F)F)OC3)CC2)CC1. The molecule has 3 rings (SSSR count). The third-order valence-electron chi connectivity index (χ3n) is 7.09. The molecule has 0 aromatic rings. The Morgan fingerprint density at radius 1 is 0.760 bits per heavy atom. The maximum Gasteiger partial charge on any atom is 0.268 e. The van der Waals surface area contributed by atoms with Crippen LogP contribution >= 0.6 is 0 Å². The van der Waals surface area contributed by atoms with E-state index in [1.807, 2.05) is 0 Å². The van der Waals surface area contributed by atoms with Crippen LogP contribution in [-0.4, -0.2) is 12.7 Å². The van der Waals surface area contributed by atoms with Gasteiger partial charge < -0.3 is 4.74 Å². The third-order valence-corrected chi connectivity index (χ3v) is 7.09. The van der Waals surface area contributed by atoms with Crippen LogP contribution in [0.2, 0.25) is 0 Å².